The van der Waals surface area contributed by atoms with Gasteiger partial charge in [0.2, 0.25) is 5.91 Å². The lowest BCUT2D eigenvalue weighted by Gasteiger charge is -2.30. The van der Waals surface area contributed by atoms with Crippen molar-refractivity contribution in [2.75, 3.05) is 31.2 Å². The smallest absolute Gasteiger partial charge is 0.273 e. The first-order valence-corrected chi connectivity index (χ1v) is 9.02. The Hall–Kier alpha value is -3.26. The number of nitro benzene ring substituents is 1. The Morgan fingerprint density at radius 1 is 1.29 bits per heavy atom. The molecule has 1 aliphatic rings. The summed E-state index contributed by atoms with van der Waals surface area (Å²) in [5.41, 5.74) is 5.86. The second-order valence-electron chi connectivity index (χ2n) is 6.50. The van der Waals surface area contributed by atoms with Gasteiger partial charge in [0.1, 0.15) is 0 Å². The first-order chi connectivity index (χ1) is 13.5. The summed E-state index contributed by atoms with van der Waals surface area (Å²) in [7, 11) is 0. The fraction of sp³-hybridized carbons (Fsp3) is 0.300. The number of morpholine rings is 1. The fourth-order valence-corrected chi connectivity index (χ4v) is 3.15. The molecular weight excluding hydrogens is 360 g/mol. The van der Waals surface area contributed by atoms with Crippen molar-refractivity contribution in [1.82, 2.24) is 5.43 Å². The van der Waals surface area contributed by atoms with Crippen molar-refractivity contribution < 1.29 is 14.5 Å². The van der Waals surface area contributed by atoms with Crippen molar-refractivity contribution in [3.8, 4) is 0 Å². The van der Waals surface area contributed by atoms with Crippen LogP contribution in [0.15, 0.2) is 47.6 Å². The van der Waals surface area contributed by atoms with Crippen molar-refractivity contribution in [3.05, 3.63) is 69.3 Å². The van der Waals surface area contributed by atoms with Crippen LogP contribution in [0.25, 0.3) is 0 Å². The Labute approximate surface area is 163 Å². The third-order valence-electron chi connectivity index (χ3n) is 4.51. The van der Waals surface area contributed by atoms with Crippen LogP contribution in [-0.4, -0.2) is 43.3 Å². The number of hydrogen-bond acceptors (Lipinski definition) is 6. The van der Waals surface area contributed by atoms with Crippen LogP contribution in [0.1, 0.15) is 16.7 Å². The van der Waals surface area contributed by atoms with Gasteiger partial charge < -0.3 is 9.64 Å². The standard InChI is InChI=1S/C20H22N4O4/c1-15-12-16(6-7-18(15)23-8-10-28-11-9-23)14-21-22-20(25)13-17-4-2-3-5-19(17)24(26)27/h2-7,12,14H,8-11,13H2,1H3,(H,22,25). The Morgan fingerprint density at radius 2 is 2.04 bits per heavy atom. The summed E-state index contributed by atoms with van der Waals surface area (Å²) < 4.78 is 5.38. The van der Waals surface area contributed by atoms with Crippen LogP contribution in [0, 0.1) is 17.0 Å². The predicted molar refractivity (Wildman–Crippen MR) is 107 cm³/mol. The number of amides is 1. The first kappa shape index (κ1) is 19.5. The molecule has 0 aromatic heterocycles. The van der Waals surface area contributed by atoms with Crippen molar-refractivity contribution in [2.24, 2.45) is 5.10 Å². The quantitative estimate of drug-likeness (QED) is 0.470. The molecule has 1 amide bonds. The Balaban J connectivity index is 1.59. The number of carbonyl (C=O) groups excluding carboxylic acids is 1. The molecule has 2 aromatic rings. The van der Waals surface area contributed by atoms with Crippen molar-refractivity contribution in [1.29, 1.82) is 0 Å². The average molecular weight is 382 g/mol. The monoisotopic (exact) mass is 382 g/mol. The summed E-state index contributed by atoms with van der Waals surface area (Å²) >= 11 is 0. The van der Waals surface area contributed by atoms with Crippen molar-refractivity contribution in [3.63, 3.8) is 0 Å². The molecule has 1 fully saturated rings. The number of anilines is 1. The molecule has 1 N–H and O–H groups in total. The summed E-state index contributed by atoms with van der Waals surface area (Å²) in [6, 6.07) is 12.2. The second-order valence-corrected chi connectivity index (χ2v) is 6.50. The van der Waals surface area contributed by atoms with Crippen LogP contribution < -0.4 is 10.3 Å². The van der Waals surface area contributed by atoms with Gasteiger partial charge in [-0.3, -0.25) is 14.9 Å². The van der Waals surface area contributed by atoms with Gasteiger partial charge in [0.25, 0.3) is 5.69 Å². The molecule has 8 heteroatoms. The number of para-hydroxylation sites is 1. The molecule has 1 heterocycles. The molecule has 0 spiro atoms. The number of benzene rings is 2. The zero-order chi connectivity index (χ0) is 19.9. The van der Waals surface area contributed by atoms with Gasteiger partial charge in [0, 0.05) is 30.4 Å². The highest BCUT2D eigenvalue weighted by atomic mass is 16.6. The van der Waals surface area contributed by atoms with E-state index in [-0.39, 0.29) is 12.1 Å². The molecule has 0 aliphatic carbocycles. The van der Waals surface area contributed by atoms with Gasteiger partial charge in [-0.05, 0) is 30.2 Å². The maximum absolute atomic E-state index is 12.0. The molecule has 0 bridgehead atoms. The number of ether oxygens (including phenoxy) is 1. The minimum absolute atomic E-state index is 0.0732. The van der Waals surface area contributed by atoms with Crippen LogP contribution in [0.3, 0.4) is 0 Å². The van der Waals surface area contributed by atoms with Gasteiger partial charge in [0.15, 0.2) is 0 Å². The maximum atomic E-state index is 12.0. The lowest BCUT2D eigenvalue weighted by molar-refractivity contribution is -0.385. The number of nitrogens with one attached hydrogen (secondary N) is 1. The average Bonchev–Trinajstić information content (AvgIpc) is 2.69. The molecule has 1 aliphatic heterocycles. The summed E-state index contributed by atoms with van der Waals surface area (Å²) in [5, 5.41) is 15.0. The van der Waals surface area contributed by atoms with E-state index < -0.39 is 10.8 Å². The lowest BCUT2D eigenvalue weighted by atomic mass is 10.1. The maximum Gasteiger partial charge on any atom is 0.273 e. The third kappa shape index (κ3) is 4.92. The molecule has 146 valence electrons. The van der Waals surface area contributed by atoms with Gasteiger partial charge in [-0.1, -0.05) is 24.3 Å². The largest absolute Gasteiger partial charge is 0.378 e. The van der Waals surface area contributed by atoms with E-state index in [4.69, 9.17) is 4.74 Å². The molecule has 0 saturated carbocycles. The highest BCUT2D eigenvalue weighted by Crippen LogP contribution is 2.22. The van der Waals surface area contributed by atoms with E-state index in [2.05, 4.69) is 15.4 Å². The summed E-state index contributed by atoms with van der Waals surface area (Å²) in [4.78, 5) is 24.8. The van der Waals surface area contributed by atoms with Crippen molar-refractivity contribution >= 4 is 23.5 Å². The molecule has 1 saturated heterocycles. The van der Waals surface area contributed by atoms with Gasteiger partial charge in [-0.2, -0.15) is 5.10 Å². The first-order valence-electron chi connectivity index (χ1n) is 9.02. The molecule has 0 unspecified atom stereocenters. The lowest BCUT2D eigenvalue weighted by Crippen LogP contribution is -2.36. The van der Waals surface area contributed by atoms with E-state index in [1.54, 1.807) is 24.4 Å². The van der Waals surface area contributed by atoms with Gasteiger partial charge in [-0.15, -0.1) is 0 Å². The van der Waals surface area contributed by atoms with Gasteiger partial charge >= 0.3 is 0 Å². The highest BCUT2D eigenvalue weighted by molar-refractivity contribution is 5.84. The van der Waals surface area contributed by atoms with Crippen LogP contribution in [0.5, 0.6) is 0 Å². The minimum atomic E-state index is -0.495. The summed E-state index contributed by atoms with van der Waals surface area (Å²) in [5.74, 6) is -0.410. The zero-order valence-electron chi connectivity index (χ0n) is 15.6. The van der Waals surface area contributed by atoms with E-state index in [9.17, 15) is 14.9 Å². The van der Waals surface area contributed by atoms with Crippen LogP contribution in [0.4, 0.5) is 11.4 Å². The van der Waals surface area contributed by atoms with Gasteiger partial charge in [0.05, 0.1) is 30.8 Å². The fourth-order valence-electron chi connectivity index (χ4n) is 3.15. The number of hydrogen-bond donors (Lipinski definition) is 1. The van der Waals surface area contributed by atoms with Gasteiger partial charge in [-0.25, -0.2) is 5.43 Å². The number of nitrogens with zero attached hydrogens (tertiary/aromatic N) is 3. The molecule has 0 radical (unpaired) electrons. The molecule has 0 atom stereocenters. The van der Waals surface area contributed by atoms with Crippen LogP contribution in [-0.2, 0) is 16.0 Å². The molecule has 2 aromatic carbocycles. The van der Waals surface area contributed by atoms with E-state index in [0.29, 0.717) is 5.56 Å². The summed E-state index contributed by atoms with van der Waals surface area (Å²) in [6.07, 6.45) is 1.46. The predicted octanol–water partition coefficient (Wildman–Crippen LogP) is 2.43. The van der Waals surface area contributed by atoms with E-state index in [1.165, 1.54) is 11.8 Å². The Bertz CT molecular complexity index is 892. The molecule has 3 rings (SSSR count). The molecule has 8 nitrogen and oxygen atoms in total. The SMILES string of the molecule is Cc1cc(C=NNC(=O)Cc2ccccc2[N+](=O)[O-])ccc1N1CCOCC1. The Kier molecular flexibility index (Phi) is 6.33. The number of rotatable bonds is 6. The number of nitro groups is 1. The van der Waals surface area contributed by atoms with Crippen LogP contribution >= 0.6 is 0 Å². The van der Waals surface area contributed by atoms with E-state index in [0.717, 1.165) is 37.4 Å². The topological polar surface area (TPSA) is 97.1 Å². The molecular formula is C20H22N4O4. The Morgan fingerprint density at radius 3 is 2.75 bits per heavy atom. The zero-order valence-corrected chi connectivity index (χ0v) is 15.6. The number of hydrazone groups is 1. The van der Waals surface area contributed by atoms with E-state index in [1.807, 2.05) is 25.1 Å². The minimum Gasteiger partial charge on any atom is -0.378 e. The number of aryl methyl sites for hydroxylation is 1. The highest BCUT2D eigenvalue weighted by Gasteiger charge is 2.15. The number of carbonyl (C=O) groups is 1. The van der Waals surface area contributed by atoms with Crippen molar-refractivity contribution in [2.45, 2.75) is 13.3 Å². The normalized spacial score (nSPS) is 14.2. The van der Waals surface area contributed by atoms with E-state index >= 15 is 0 Å². The second kappa shape index (κ2) is 9.09. The van der Waals surface area contributed by atoms with Crippen LogP contribution in [0.2, 0.25) is 0 Å². The molecule has 28 heavy (non-hydrogen) atoms. The third-order valence-corrected chi connectivity index (χ3v) is 4.51. The summed E-state index contributed by atoms with van der Waals surface area (Å²) in [6.45, 7) is 5.24.